The molecule has 1 aliphatic carbocycles. The summed E-state index contributed by atoms with van der Waals surface area (Å²) in [5.74, 6) is -0.396. The van der Waals surface area contributed by atoms with Gasteiger partial charge in [-0.1, -0.05) is 19.8 Å². The molecule has 1 fully saturated rings. The van der Waals surface area contributed by atoms with E-state index in [9.17, 15) is 13.2 Å². The highest BCUT2D eigenvalue weighted by Crippen LogP contribution is 2.27. The van der Waals surface area contributed by atoms with Gasteiger partial charge in [0.2, 0.25) is 0 Å². The Bertz CT molecular complexity index is 605. The van der Waals surface area contributed by atoms with Gasteiger partial charge in [0.05, 0.1) is 5.69 Å². The molecule has 6 nitrogen and oxygen atoms in total. The lowest BCUT2D eigenvalue weighted by Gasteiger charge is -2.23. The SMILES string of the molecule is CCc1[nH]nc(C(=O)N(C)C2CCCC2)c1S(=O)(=O)Cl. The van der Waals surface area contributed by atoms with Gasteiger partial charge in [0, 0.05) is 23.8 Å². The summed E-state index contributed by atoms with van der Waals surface area (Å²) in [6.45, 7) is 1.77. The number of nitrogens with one attached hydrogen (secondary N) is 1. The first-order valence-electron chi connectivity index (χ1n) is 6.65. The third kappa shape index (κ3) is 2.83. The maximum Gasteiger partial charge on any atom is 0.275 e. The molecule has 1 heterocycles. The lowest BCUT2D eigenvalue weighted by Crippen LogP contribution is -2.36. The number of aromatic amines is 1. The fourth-order valence-corrected chi connectivity index (χ4v) is 3.99. The Morgan fingerprint density at radius 1 is 1.45 bits per heavy atom. The number of hydrogen-bond donors (Lipinski definition) is 1. The molecule has 1 amide bonds. The summed E-state index contributed by atoms with van der Waals surface area (Å²) in [4.78, 5) is 13.8. The predicted octanol–water partition coefficient (Wildman–Crippen LogP) is 1.91. The molecule has 0 saturated heterocycles. The van der Waals surface area contributed by atoms with Crippen molar-refractivity contribution < 1.29 is 13.2 Å². The Labute approximate surface area is 122 Å². The minimum absolute atomic E-state index is 0.105. The monoisotopic (exact) mass is 319 g/mol. The second-order valence-electron chi connectivity index (χ2n) is 5.03. The maximum absolute atomic E-state index is 12.4. The molecule has 0 unspecified atom stereocenters. The van der Waals surface area contributed by atoms with E-state index < -0.39 is 15.0 Å². The van der Waals surface area contributed by atoms with Crippen LogP contribution in [0.2, 0.25) is 0 Å². The number of rotatable bonds is 4. The zero-order chi connectivity index (χ0) is 14.9. The number of hydrogen-bond acceptors (Lipinski definition) is 4. The third-order valence-electron chi connectivity index (χ3n) is 3.78. The maximum atomic E-state index is 12.4. The van der Waals surface area contributed by atoms with Crippen LogP contribution in [0.3, 0.4) is 0 Å². The molecular formula is C12H18ClN3O3S. The smallest absolute Gasteiger partial charge is 0.275 e. The number of H-pyrrole nitrogens is 1. The molecule has 0 bridgehead atoms. The summed E-state index contributed by atoms with van der Waals surface area (Å²) in [5, 5.41) is 6.46. The van der Waals surface area contributed by atoms with Gasteiger partial charge in [0.25, 0.3) is 15.0 Å². The number of nitrogens with zero attached hydrogens (tertiary/aromatic N) is 2. The molecule has 0 radical (unpaired) electrons. The van der Waals surface area contributed by atoms with Crippen molar-refractivity contribution in [2.45, 2.75) is 50.0 Å². The van der Waals surface area contributed by atoms with Crippen LogP contribution in [0.4, 0.5) is 0 Å². The van der Waals surface area contributed by atoms with Crippen LogP contribution in [0, 0.1) is 0 Å². The van der Waals surface area contributed by atoms with Crippen molar-refractivity contribution >= 4 is 25.6 Å². The second-order valence-corrected chi connectivity index (χ2v) is 7.53. The van der Waals surface area contributed by atoms with Crippen LogP contribution in [0.1, 0.15) is 48.8 Å². The van der Waals surface area contributed by atoms with Gasteiger partial charge >= 0.3 is 0 Å². The van der Waals surface area contributed by atoms with Crippen molar-refractivity contribution in [1.82, 2.24) is 15.1 Å². The Hall–Kier alpha value is -1.08. The molecule has 112 valence electrons. The number of halogens is 1. The fourth-order valence-electron chi connectivity index (χ4n) is 2.64. The van der Waals surface area contributed by atoms with E-state index in [0.717, 1.165) is 25.7 Å². The van der Waals surface area contributed by atoms with E-state index in [2.05, 4.69) is 10.2 Å². The van der Waals surface area contributed by atoms with E-state index in [1.807, 2.05) is 0 Å². The highest BCUT2D eigenvalue weighted by molar-refractivity contribution is 8.13. The molecule has 1 saturated carbocycles. The average molecular weight is 320 g/mol. The van der Waals surface area contributed by atoms with Crippen LogP contribution in [0.25, 0.3) is 0 Å². The zero-order valence-corrected chi connectivity index (χ0v) is 13.1. The standard InChI is InChI=1S/C12H18ClN3O3S/c1-3-9-11(20(13,18)19)10(15-14-9)12(17)16(2)8-6-4-5-7-8/h8H,3-7H2,1-2H3,(H,14,15). The van der Waals surface area contributed by atoms with Gasteiger partial charge in [0.15, 0.2) is 5.69 Å². The summed E-state index contributed by atoms with van der Waals surface area (Å²) in [5.41, 5.74) is 0.259. The Morgan fingerprint density at radius 2 is 2.05 bits per heavy atom. The van der Waals surface area contributed by atoms with E-state index in [-0.39, 0.29) is 16.6 Å². The molecule has 2 rings (SSSR count). The molecule has 0 spiro atoms. The molecule has 0 aromatic carbocycles. The van der Waals surface area contributed by atoms with Crippen LogP contribution < -0.4 is 0 Å². The van der Waals surface area contributed by atoms with Crippen molar-refractivity contribution in [3.8, 4) is 0 Å². The number of aromatic nitrogens is 2. The van der Waals surface area contributed by atoms with Crippen LogP contribution in [0.15, 0.2) is 4.90 Å². The van der Waals surface area contributed by atoms with E-state index in [0.29, 0.717) is 12.1 Å². The van der Waals surface area contributed by atoms with Crippen molar-refractivity contribution in [1.29, 1.82) is 0 Å². The lowest BCUT2D eigenvalue weighted by molar-refractivity contribution is 0.0725. The van der Waals surface area contributed by atoms with E-state index in [1.165, 1.54) is 0 Å². The number of carbonyl (C=O) groups excluding carboxylic acids is 1. The van der Waals surface area contributed by atoms with Gasteiger partial charge in [-0.05, 0) is 19.3 Å². The van der Waals surface area contributed by atoms with Crippen molar-refractivity contribution in [2.24, 2.45) is 0 Å². The number of carbonyl (C=O) groups is 1. The first-order valence-corrected chi connectivity index (χ1v) is 8.96. The quantitative estimate of drug-likeness (QED) is 0.859. The highest BCUT2D eigenvalue weighted by Gasteiger charge is 2.32. The average Bonchev–Trinajstić information content (AvgIpc) is 3.04. The summed E-state index contributed by atoms with van der Waals surface area (Å²) in [7, 11) is 3.12. The minimum Gasteiger partial charge on any atom is -0.337 e. The van der Waals surface area contributed by atoms with Gasteiger partial charge in [0.1, 0.15) is 4.90 Å². The van der Waals surface area contributed by atoms with Crippen LogP contribution in [-0.4, -0.2) is 42.5 Å². The first-order chi connectivity index (χ1) is 9.36. The Balaban J connectivity index is 2.37. The van der Waals surface area contributed by atoms with Gasteiger partial charge in [-0.3, -0.25) is 9.89 Å². The Morgan fingerprint density at radius 3 is 2.55 bits per heavy atom. The first kappa shape index (κ1) is 15.3. The molecule has 8 heteroatoms. The number of amides is 1. The second kappa shape index (κ2) is 5.73. The van der Waals surface area contributed by atoms with Crippen molar-refractivity contribution in [3.05, 3.63) is 11.4 Å². The molecular weight excluding hydrogens is 302 g/mol. The largest absolute Gasteiger partial charge is 0.337 e. The highest BCUT2D eigenvalue weighted by atomic mass is 35.7. The summed E-state index contributed by atoms with van der Waals surface area (Å²) in [6, 6.07) is 0.148. The topological polar surface area (TPSA) is 83.1 Å². The van der Waals surface area contributed by atoms with Gasteiger partial charge in [-0.25, -0.2) is 8.42 Å². The fraction of sp³-hybridized carbons (Fsp3) is 0.667. The van der Waals surface area contributed by atoms with Gasteiger partial charge in [-0.15, -0.1) is 0 Å². The molecule has 0 aliphatic heterocycles. The van der Waals surface area contributed by atoms with Crippen LogP contribution >= 0.6 is 10.7 Å². The van der Waals surface area contributed by atoms with Crippen molar-refractivity contribution in [2.75, 3.05) is 7.05 Å². The summed E-state index contributed by atoms with van der Waals surface area (Å²) >= 11 is 0. The molecule has 20 heavy (non-hydrogen) atoms. The molecule has 1 aromatic rings. The van der Waals surface area contributed by atoms with Crippen molar-refractivity contribution in [3.63, 3.8) is 0 Å². The number of aryl methyl sites for hydroxylation is 1. The predicted molar refractivity (Wildman–Crippen MR) is 75.4 cm³/mol. The van der Waals surface area contributed by atoms with Gasteiger partial charge < -0.3 is 4.90 Å². The van der Waals surface area contributed by atoms with E-state index >= 15 is 0 Å². The molecule has 1 N–H and O–H groups in total. The normalized spacial score (nSPS) is 16.6. The third-order valence-corrected chi connectivity index (χ3v) is 5.17. The Kier molecular flexibility index (Phi) is 4.39. The van der Waals surface area contributed by atoms with Crippen LogP contribution in [0.5, 0.6) is 0 Å². The summed E-state index contributed by atoms with van der Waals surface area (Å²) < 4.78 is 23.4. The van der Waals surface area contributed by atoms with Crippen LogP contribution in [-0.2, 0) is 15.5 Å². The zero-order valence-electron chi connectivity index (χ0n) is 11.5. The lowest BCUT2D eigenvalue weighted by atomic mass is 10.2. The van der Waals surface area contributed by atoms with E-state index in [1.54, 1.807) is 18.9 Å². The molecule has 0 atom stereocenters. The van der Waals surface area contributed by atoms with Gasteiger partial charge in [-0.2, -0.15) is 5.10 Å². The minimum atomic E-state index is -4.00. The summed E-state index contributed by atoms with van der Waals surface area (Å²) in [6.07, 6.45) is 4.47. The van der Waals surface area contributed by atoms with E-state index in [4.69, 9.17) is 10.7 Å². The molecule has 1 aromatic heterocycles. The molecule has 1 aliphatic rings.